The monoisotopic (exact) mass is 301 g/mol. The Labute approximate surface area is 128 Å². The van der Waals surface area contributed by atoms with Gasteiger partial charge in [0.2, 0.25) is 0 Å². The molecule has 22 heavy (non-hydrogen) atoms. The van der Waals surface area contributed by atoms with Gasteiger partial charge in [-0.2, -0.15) is 5.10 Å². The van der Waals surface area contributed by atoms with E-state index < -0.39 is 17.9 Å². The van der Waals surface area contributed by atoms with Gasteiger partial charge in [-0.1, -0.05) is 24.6 Å². The summed E-state index contributed by atoms with van der Waals surface area (Å²) in [5.41, 5.74) is 3.00. The summed E-state index contributed by atoms with van der Waals surface area (Å²) < 4.78 is 1.66. The van der Waals surface area contributed by atoms with E-state index in [2.05, 4.69) is 10.4 Å². The van der Waals surface area contributed by atoms with Crippen LogP contribution in [0.15, 0.2) is 30.3 Å². The highest BCUT2D eigenvalue weighted by atomic mass is 16.4. The van der Waals surface area contributed by atoms with E-state index in [1.807, 2.05) is 38.1 Å². The SMILES string of the molecule is CCC(NC(=O)c1cc(C)n(-c2ccc(C)cc2)n1)C(=O)O. The minimum atomic E-state index is -1.05. The Bertz CT molecular complexity index is 689. The van der Waals surface area contributed by atoms with Gasteiger partial charge in [-0.25, -0.2) is 9.48 Å². The molecule has 1 heterocycles. The van der Waals surface area contributed by atoms with Crippen molar-refractivity contribution in [2.45, 2.75) is 33.2 Å². The van der Waals surface area contributed by atoms with Crippen LogP contribution in [-0.4, -0.2) is 32.8 Å². The number of carbonyl (C=O) groups excluding carboxylic acids is 1. The number of rotatable bonds is 5. The highest BCUT2D eigenvalue weighted by Gasteiger charge is 2.20. The summed E-state index contributed by atoms with van der Waals surface area (Å²) in [5.74, 6) is -1.53. The Hall–Kier alpha value is -2.63. The number of aliphatic carboxylic acids is 1. The third-order valence-corrected chi connectivity index (χ3v) is 3.41. The van der Waals surface area contributed by atoms with Crippen molar-refractivity contribution in [2.75, 3.05) is 0 Å². The molecule has 0 bridgehead atoms. The number of hydrogen-bond acceptors (Lipinski definition) is 3. The Morgan fingerprint density at radius 2 is 1.91 bits per heavy atom. The summed E-state index contributed by atoms with van der Waals surface area (Å²) in [6.07, 6.45) is 0.318. The van der Waals surface area contributed by atoms with Crippen molar-refractivity contribution >= 4 is 11.9 Å². The predicted octanol–water partition coefficient (Wildman–Crippen LogP) is 2.08. The zero-order valence-electron chi connectivity index (χ0n) is 12.8. The highest BCUT2D eigenvalue weighted by Crippen LogP contribution is 2.13. The Balaban J connectivity index is 2.24. The van der Waals surface area contributed by atoms with E-state index in [-0.39, 0.29) is 5.69 Å². The van der Waals surface area contributed by atoms with Crippen LogP contribution in [0.25, 0.3) is 5.69 Å². The maximum absolute atomic E-state index is 12.1. The van der Waals surface area contributed by atoms with Gasteiger partial charge in [0.25, 0.3) is 5.91 Å². The van der Waals surface area contributed by atoms with Gasteiger partial charge in [0.1, 0.15) is 6.04 Å². The lowest BCUT2D eigenvalue weighted by molar-refractivity contribution is -0.139. The molecule has 1 aromatic carbocycles. The van der Waals surface area contributed by atoms with Crippen LogP contribution in [0, 0.1) is 13.8 Å². The topological polar surface area (TPSA) is 84.2 Å². The maximum atomic E-state index is 12.1. The second-order valence-electron chi connectivity index (χ2n) is 5.19. The number of aromatic nitrogens is 2. The molecule has 0 aliphatic heterocycles. The molecule has 1 amide bonds. The van der Waals surface area contributed by atoms with Crippen molar-refractivity contribution in [3.63, 3.8) is 0 Å². The number of amides is 1. The van der Waals surface area contributed by atoms with E-state index in [4.69, 9.17) is 5.11 Å². The largest absolute Gasteiger partial charge is 0.480 e. The Kier molecular flexibility index (Phi) is 4.60. The summed E-state index contributed by atoms with van der Waals surface area (Å²) >= 11 is 0. The molecule has 0 fully saturated rings. The van der Waals surface area contributed by atoms with Crippen LogP contribution in [0.4, 0.5) is 0 Å². The van der Waals surface area contributed by atoms with Crippen LogP contribution in [0.2, 0.25) is 0 Å². The average Bonchev–Trinajstić information content (AvgIpc) is 2.87. The van der Waals surface area contributed by atoms with Crippen LogP contribution in [0.5, 0.6) is 0 Å². The lowest BCUT2D eigenvalue weighted by atomic mass is 10.2. The fourth-order valence-corrected chi connectivity index (χ4v) is 2.10. The van der Waals surface area contributed by atoms with Crippen molar-refractivity contribution in [1.82, 2.24) is 15.1 Å². The van der Waals surface area contributed by atoms with Gasteiger partial charge in [-0.05, 0) is 38.5 Å². The lowest BCUT2D eigenvalue weighted by Crippen LogP contribution is -2.40. The fourth-order valence-electron chi connectivity index (χ4n) is 2.10. The maximum Gasteiger partial charge on any atom is 0.326 e. The number of benzene rings is 1. The lowest BCUT2D eigenvalue weighted by Gasteiger charge is -2.10. The van der Waals surface area contributed by atoms with E-state index in [9.17, 15) is 9.59 Å². The third kappa shape index (κ3) is 3.33. The van der Waals surface area contributed by atoms with Gasteiger partial charge in [0.05, 0.1) is 5.69 Å². The Morgan fingerprint density at radius 1 is 1.27 bits per heavy atom. The van der Waals surface area contributed by atoms with Crippen molar-refractivity contribution < 1.29 is 14.7 Å². The number of carboxylic acids is 1. The second-order valence-corrected chi connectivity index (χ2v) is 5.19. The molecule has 0 saturated heterocycles. The molecule has 6 heteroatoms. The molecule has 2 N–H and O–H groups in total. The summed E-state index contributed by atoms with van der Waals surface area (Å²) in [6, 6.07) is 8.51. The summed E-state index contributed by atoms with van der Waals surface area (Å²) in [5, 5.41) is 15.7. The molecule has 116 valence electrons. The van der Waals surface area contributed by atoms with E-state index in [0.717, 1.165) is 16.9 Å². The quantitative estimate of drug-likeness (QED) is 0.885. The molecule has 1 atom stereocenters. The van der Waals surface area contributed by atoms with Crippen molar-refractivity contribution in [3.8, 4) is 5.69 Å². The van der Waals surface area contributed by atoms with Gasteiger partial charge in [-0.3, -0.25) is 4.79 Å². The first-order valence-corrected chi connectivity index (χ1v) is 7.09. The molecule has 0 aliphatic carbocycles. The van der Waals surface area contributed by atoms with Gasteiger partial charge in [0, 0.05) is 5.69 Å². The molecule has 2 aromatic rings. The second kappa shape index (κ2) is 6.43. The first-order valence-electron chi connectivity index (χ1n) is 7.09. The molecule has 1 unspecified atom stereocenters. The normalized spacial score (nSPS) is 12.0. The standard InChI is InChI=1S/C16H19N3O3/c1-4-13(16(21)22)17-15(20)14-9-11(3)19(18-14)12-7-5-10(2)6-8-12/h5-9,13H,4H2,1-3H3,(H,17,20)(H,21,22). The number of hydrogen-bond donors (Lipinski definition) is 2. The Morgan fingerprint density at radius 3 is 2.45 bits per heavy atom. The number of nitrogens with zero attached hydrogens (tertiary/aromatic N) is 2. The van der Waals surface area contributed by atoms with Gasteiger partial charge in [-0.15, -0.1) is 0 Å². The minimum absolute atomic E-state index is 0.206. The highest BCUT2D eigenvalue weighted by molar-refractivity contribution is 5.95. The van der Waals surface area contributed by atoms with Crippen LogP contribution in [-0.2, 0) is 4.79 Å². The first-order chi connectivity index (χ1) is 10.4. The van der Waals surface area contributed by atoms with Crippen LogP contribution in [0.3, 0.4) is 0 Å². The zero-order valence-corrected chi connectivity index (χ0v) is 12.8. The smallest absolute Gasteiger partial charge is 0.326 e. The van der Waals surface area contributed by atoms with E-state index >= 15 is 0 Å². The molecule has 6 nitrogen and oxygen atoms in total. The van der Waals surface area contributed by atoms with Crippen molar-refractivity contribution in [2.24, 2.45) is 0 Å². The molecule has 0 spiro atoms. The average molecular weight is 301 g/mol. The van der Waals surface area contributed by atoms with Gasteiger partial charge in [0.15, 0.2) is 5.69 Å². The summed E-state index contributed by atoms with van der Waals surface area (Å²) in [4.78, 5) is 23.1. The van der Waals surface area contributed by atoms with Crippen LogP contribution < -0.4 is 5.32 Å². The molecule has 0 aliphatic rings. The number of nitrogens with one attached hydrogen (secondary N) is 1. The van der Waals surface area contributed by atoms with Gasteiger partial charge < -0.3 is 10.4 Å². The van der Waals surface area contributed by atoms with E-state index in [1.165, 1.54) is 0 Å². The van der Waals surface area contributed by atoms with Crippen LogP contribution in [0.1, 0.15) is 35.1 Å². The molecular formula is C16H19N3O3. The first kappa shape index (κ1) is 15.8. The molecule has 1 aromatic heterocycles. The van der Waals surface area contributed by atoms with Crippen molar-refractivity contribution in [1.29, 1.82) is 0 Å². The van der Waals surface area contributed by atoms with Crippen molar-refractivity contribution in [3.05, 3.63) is 47.3 Å². The predicted molar refractivity (Wildman–Crippen MR) is 82.2 cm³/mol. The molecule has 0 radical (unpaired) electrons. The minimum Gasteiger partial charge on any atom is -0.480 e. The van der Waals surface area contributed by atoms with Gasteiger partial charge >= 0.3 is 5.97 Å². The summed E-state index contributed by atoms with van der Waals surface area (Å²) in [6.45, 7) is 5.54. The number of carbonyl (C=O) groups is 2. The number of carboxylic acid groups (broad SMARTS) is 1. The van der Waals surface area contributed by atoms with Crippen LogP contribution >= 0.6 is 0 Å². The molecule has 0 saturated carbocycles. The fraction of sp³-hybridized carbons (Fsp3) is 0.312. The number of aryl methyl sites for hydroxylation is 2. The van der Waals surface area contributed by atoms with E-state index in [0.29, 0.717) is 6.42 Å². The zero-order chi connectivity index (χ0) is 16.3. The summed E-state index contributed by atoms with van der Waals surface area (Å²) in [7, 11) is 0. The van der Waals surface area contributed by atoms with E-state index in [1.54, 1.807) is 17.7 Å². The molecule has 2 rings (SSSR count). The molecular weight excluding hydrogens is 282 g/mol. The third-order valence-electron chi connectivity index (χ3n) is 3.41.